The molecule has 1 amide bonds. The SMILES string of the molecule is CCCCC(CCC)c1cc(-c2ccc(OC(F)(F)F)cc2)nn1Cc1ccc(C(=O)N/C(=N/N)NN)cc1. The van der Waals surface area contributed by atoms with E-state index < -0.39 is 12.3 Å². The fraction of sp³-hybridized carbons (Fsp3) is 0.370. The first-order chi connectivity index (χ1) is 18.7. The first-order valence-corrected chi connectivity index (χ1v) is 12.8. The molecular formula is C27H34F3N7O2. The number of nitrogens with two attached hydrogens (primary N) is 2. The van der Waals surface area contributed by atoms with Gasteiger partial charge in [0.05, 0.1) is 12.2 Å². The van der Waals surface area contributed by atoms with Crippen molar-refractivity contribution in [3.8, 4) is 17.0 Å². The highest BCUT2D eigenvalue weighted by atomic mass is 19.4. The first kappa shape index (κ1) is 29.5. The molecule has 0 saturated heterocycles. The standard InChI is InChI=1S/C27H34F3N7O2/c1-3-5-7-20(6-4-2)24-16-23(19-12-14-22(15-13-19)39-27(28,29)30)36-37(24)17-18-8-10-21(11-9-18)25(38)33-26(34-31)35-32/h8-16,20H,3-7,17,31-32H2,1-2H3,(H2,33,34,35,38). The highest BCUT2D eigenvalue weighted by Crippen LogP contribution is 2.32. The van der Waals surface area contributed by atoms with Crippen molar-refractivity contribution in [3.63, 3.8) is 0 Å². The molecule has 6 N–H and O–H groups in total. The topological polar surface area (TPSA) is 133 Å². The summed E-state index contributed by atoms with van der Waals surface area (Å²) in [5, 5.41) is 10.6. The van der Waals surface area contributed by atoms with Crippen LogP contribution in [0.5, 0.6) is 5.75 Å². The molecule has 1 heterocycles. The number of alkyl halides is 3. The molecule has 3 rings (SSSR count). The van der Waals surface area contributed by atoms with Gasteiger partial charge in [-0.05, 0) is 60.9 Å². The van der Waals surface area contributed by atoms with Gasteiger partial charge in [-0.25, -0.2) is 5.84 Å². The molecule has 2 aromatic carbocycles. The van der Waals surface area contributed by atoms with Crippen LogP contribution in [0.2, 0.25) is 0 Å². The molecule has 3 aromatic rings. The molecule has 0 aliphatic heterocycles. The highest BCUT2D eigenvalue weighted by Gasteiger charge is 2.31. The Bertz CT molecular complexity index is 1240. The van der Waals surface area contributed by atoms with Crippen LogP contribution in [0.4, 0.5) is 13.2 Å². The van der Waals surface area contributed by atoms with Gasteiger partial charge in [0.2, 0.25) is 5.96 Å². The number of guanidine groups is 1. The van der Waals surface area contributed by atoms with E-state index in [-0.39, 0.29) is 17.6 Å². The van der Waals surface area contributed by atoms with Crippen LogP contribution < -0.4 is 27.2 Å². The summed E-state index contributed by atoms with van der Waals surface area (Å²) in [7, 11) is 0. The third kappa shape index (κ3) is 8.47. The van der Waals surface area contributed by atoms with E-state index in [9.17, 15) is 18.0 Å². The summed E-state index contributed by atoms with van der Waals surface area (Å²) in [6, 6.07) is 14.8. The van der Waals surface area contributed by atoms with Gasteiger partial charge >= 0.3 is 6.36 Å². The zero-order valence-corrected chi connectivity index (χ0v) is 22.0. The summed E-state index contributed by atoms with van der Waals surface area (Å²) >= 11 is 0. The number of aromatic nitrogens is 2. The van der Waals surface area contributed by atoms with Crippen molar-refractivity contribution in [2.75, 3.05) is 0 Å². The van der Waals surface area contributed by atoms with E-state index >= 15 is 0 Å². The van der Waals surface area contributed by atoms with E-state index in [0.29, 0.717) is 23.4 Å². The minimum Gasteiger partial charge on any atom is -0.406 e. The molecule has 1 unspecified atom stereocenters. The number of halogens is 3. The number of unbranched alkanes of at least 4 members (excludes halogenated alkanes) is 1. The van der Waals surface area contributed by atoms with Gasteiger partial charge in [-0.15, -0.1) is 18.3 Å². The highest BCUT2D eigenvalue weighted by molar-refractivity contribution is 6.05. The monoisotopic (exact) mass is 545 g/mol. The molecule has 0 radical (unpaired) electrons. The smallest absolute Gasteiger partial charge is 0.406 e. The maximum absolute atomic E-state index is 12.6. The summed E-state index contributed by atoms with van der Waals surface area (Å²) in [6.07, 6.45) is 0.399. The van der Waals surface area contributed by atoms with Crippen molar-refractivity contribution >= 4 is 11.9 Å². The van der Waals surface area contributed by atoms with Crippen molar-refractivity contribution in [1.29, 1.82) is 0 Å². The predicted octanol–water partition coefficient (Wildman–Crippen LogP) is 4.99. The molecule has 39 heavy (non-hydrogen) atoms. The number of hydrogen-bond donors (Lipinski definition) is 4. The molecule has 9 nitrogen and oxygen atoms in total. The van der Waals surface area contributed by atoms with Crippen molar-refractivity contribution in [2.24, 2.45) is 16.8 Å². The van der Waals surface area contributed by atoms with Crippen LogP contribution in [0.15, 0.2) is 59.7 Å². The number of carbonyl (C=O) groups is 1. The van der Waals surface area contributed by atoms with Crippen LogP contribution >= 0.6 is 0 Å². The van der Waals surface area contributed by atoms with E-state index in [0.717, 1.165) is 43.4 Å². The van der Waals surface area contributed by atoms with Gasteiger partial charge in [0.1, 0.15) is 5.75 Å². The lowest BCUT2D eigenvalue weighted by Crippen LogP contribution is -2.45. The Morgan fingerprint density at radius 1 is 1.08 bits per heavy atom. The number of nitrogens with one attached hydrogen (secondary N) is 2. The number of nitrogens with zero attached hydrogens (tertiary/aromatic N) is 3. The molecule has 12 heteroatoms. The second kappa shape index (κ2) is 13.7. The number of amides is 1. The normalized spacial score (nSPS) is 12.7. The second-order valence-corrected chi connectivity index (χ2v) is 9.09. The number of hydrazine groups is 1. The summed E-state index contributed by atoms with van der Waals surface area (Å²) in [4.78, 5) is 12.4. The second-order valence-electron chi connectivity index (χ2n) is 9.09. The van der Waals surface area contributed by atoms with Crippen LogP contribution in [0.25, 0.3) is 11.3 Å². The molecule has 210 valence electrons. The minimum absolute atomic E-state index is 0.0650. The van der Waals surface area contributed by atoms with Gasteiger partial charge in [0.25, 0.3) is 5.91 Å². The number of benzene rings is 2. The van der Waals surface area contributed by atoms with Crippen LogP contribution in [-0.2, 0) is 6.54 Å². The van der Waals surface area contributed by atoms with Gasteiger partial charge in [0, 0.05) is 22.7 Å². The van der Waals surface area contributed by atoms with Crippen molar-refractivity contribution in [2.45, 2.75) is 64.8 Å². The van der Waals surface area contributed by atoms with Gasteiger partial charge in [0.15, 0.2) is 0 Å². The summed E-state index contributed by atoms with van der Waals surface area (Å²) in [5.41, 5.74) is 5.93. The third-order valence-corrected chi connectivity index (χ3v) is 6.20. The first-order valence-electron chi connectivity index (χ1n) is 12.8. The van der Waals surface area contributed by atoms with Gasteiger partial charge in [-0.2, -0.15) is 5.10 Å². The Labute approximate surface area is 225 Å². The number of rotatable bonds is 11. The maximum Gasteiger partial charge on any atom is 0.573 e. The Morgan fingerprint density at radius 2 is 1.77 bits per heavy atom. The Balaban J connectivity index is 1.89. The Hall–Kier alpha value is -4.06. The molecule has 0 spiro atoms. The number of ether oxygens (including phenoxy) is 1. The third-order valence-electron chi connectivity index (χ3n) is 6.20. The number of hydrogen-bond acceptors (Lipinski definition) is 6. The van der Waals surface area contributed by atoms with Crippen LogP contribution in [-0.4, -0.2) is 28.0 Å². The molecule has 0 bridgehead atoms. The van der Waals surface area contributed by atoms with Gasteiger partial charge in [-0.1, -0.05) is 45.2 Å². The Kier molecular flexibility index (Phi) is 10.3. The quantitative estimate of drug-likeness (QED) is 0.116. The Morgan fingerprint density at radius 3 is 2.33 bits per heavy atom. The van der Waals surface area contributed by atoms with E-state index in [1.807, 2.05) is 22.9 Å². The molecule has 1 atom stereocenters. The number of hydrazone groups is 1. The molecule has 0 saturated carbocycles. The van der Waals surface area contributed by atoms with E-state index in [4.69, 9.17) is 16.8 Å². The lowest BCUT2D eigenvalue weighted by Gasteiger charge is -2.18. The lowest BCUT2D eigenvalue weighted by atomic mass is 9.93. The molecule has 0 fully saturated rings. The zero-order chi connectivity index (χ0) is 28.4. The predicted molar refractivity (Wildman–Crippen MR) is 143 cm³/mol. The minimum atomic E-state index is -4.75. The number of carbonyl (C=O) groups excluding carboxylic acids is 1. The fourth-order valence-corrected chi connectivity index (χ4v) is 4.31. The van der Waals surface area contributed by atoms with Crippen LogP contribution in [0.1, 0.15) is 73.5 Å². The van der Waals surface area contributed by atoms with Crippen LogP contribution in [0, 0.1) is 0 Å². The van der Waals surface area contributed by atoms with E-state index in [2.05, 4.69) is 34.4 Å². The van der Waals surface area contributed by atoms with Gasteiger partial charge < -0.3 is 10.6 Å². The summed E-state index contributed by atoms with van der Waals surface area (Å²) < 4.78 is 43.7. The van der Waals surface area contributed by atoms with Crippen molar-refractivity contribution in [3.05, 3.63) is 71.4 Å². The van der Waals surface area contributed by atoms with E-state index in [1.165, 1.54) is 12.1 Å². The molecular weight excluding hydrogens is 511 g/mol. The molecule has 1 aromatic heterocycles. The van der Waals surface area contributed by atoms with Crippen molar-refractivity contribution in [1.82, 2.24) is 20.5 Å². The summed E-state index contributed by atoms with van der Waals surface area (Å²) in [6.45, 7) is 4.75. The lowest BCUT2D eigenvalue weighted by molar-refractivity contribution is -0.274. The molecule has 0 aliphatic rings. The largest absolute Gasteiger partial charge is 0.573 e. The average molecular weight is 546 g/mol. The van der Waals surface area contributed by atoms with E-state index in [1.54, 1.807) is 24.3 Å². The van der Waals surface area contributed by atoms with Gasteiger partial charge in [-0.3, -0.25) is 20.2 Å². The average Bonchev–Trinajstić information content (AvgIpc) is 3.32. The fourth-order valence-electron chi connectivity index (χ4n) is 4.31. The molecule has 0 aliphatic carbocycles. The zero-order valence-electron chi connectivity index (χ0n) is 22.0. The van der Waals surface area contributed by atoms with Crippen molar-refractivity contribution < 1.29 is 22.7 Å². The summed E-state index contributed by atoms with van der Waals surface area (Å²) in [5.74, 6) is 9.92. The van der Waals surface area contributed by atoms with Crippen LogP contribution in [0.3, 0.4) is 0 Å². The maximum atomic E-state index is 12.6.